The Labute approximate surface area is 158 Å². The maximum absolute atomic E-state index is 12.1. The SMILES string of the molecule is CCCCC(=O)N=C1S[C@H]2CS(=O)(=O)C[C@@H]2N1Cc1ccc(OC)cc1. The number of carbonyl (C=O) groups is 1. The van der Waals surface area contributed by atoms with Gasteiger partial charge in [-0.3, -0.25) is 4.79 Å². The number of carbonyl (C=O) groups excluding carboxylic acids is 1. The van der Waals surface area contributed by atoms with Crippen LogP contribution >= 0.6 is 11.8 Å². The maximum atomic E-state index is 12.1. The van der Waals surface area contributed by atoms with E-state index in [1.54, 1.807) is 7.11 Å². The number of nitrogens with zero attached hydrogens (tertiary/aromatic N) is 2. The first kappa shape index (κ1) is 19.2. The molecule has 0 aromatic heterocycles. The van der Waals surface area contributed by atoms with Crippen LogP contribution in [0, 0.1) is 0 Å². The van der Waals surface area contributed by atoms with Gasteiger partial charge in [-0.25, -0.2) is 8.42 Å². The predicted molar refractivity (Wildman–Crippen MR) is 104 cm³/mol. The molecule has 8 heteroatoms. The molecule has 1 aromatic carbocycles. The van der Waals surface area contributed by atoms with Gasteiger partial charge in [-0.15, -0.1) is 0 Å². The Balaban J connectivity index is 1.82. The van der Waals surface area contributed by atoms with Crippen molar-refractivity contribution in [1.29, 1.82) is 0 Å². The third-order valence-electron chi connectivity index (χ3n) is 4.65. The maximum Gasteiger partial charge on any atom is 0.248 e. The van der Waals surface area contributed by atoms with Crippen LogP contribution in [0.4, 0.5) is 0 Å². The summed E-state index contributed by atoms with van der Waals surface area (Å²) in [5, 5.41) is 0.614. The van der Waals surface area contributed by atoms with Gasteiger partial charge >= 0.3 is 0 Å². The molecule has 142 valence electrons. The van der Waals surface area contributed by atoms with Gasteiger partial charge in [0.1, 0.15) is 5.75 Å². The Morgan fingerprint density at radius 3 is 2.69 bits per heavy atom. The number of ether oxygens (including phenoxy) is 1. The van der Waals surface area contributed by atoms with Crippen molar-refractivity contribution in [3.8, 4) is 5.75 Å². The van der Waals surface area contributed by atoms with Gasteiger partial charge in [0, 0.05) is 18.2 Å². The molecule has 0 bridgehead atoms. The first-order valence-electron chi connectivity index (χ1n) is 8.80. The summed E-state index contributed by atoms with van der Waals surface area (Å²) in [4.78, 5) is 18.4. The Morgan fingerprint density at radius 1 is 1.31 bits per heavy atom. The summed E-state index contributed by atoms with van der Waals surface area (Å²) in [7, 11) is -1.41. The Morgan fingerprint density at radius 2 is 2.04 bits per heavy atom. The molecule has 0 N–H and O–H groups in total. The molecular formula is C18H24N2O4S2. The van der Waals surface area contributed by atoms with Crippen molar-refractivity contribution >= 4 is 32.7 Å². The number of hydrogen-bond donors (Lipinski definition) is 0. The van der Waals surface area contributed by atoms with Gasteiger partial charge in [0.15, 0.2) is 15.0 Å². The molecule has 1 amide bonds. The number of amides is 1. The van der Waals surface area contributed by atoms with E-state index in [2.05, 4.69) is 4.99 Å². The van der Waals surface area contributed by atoms with Crippen LogP contribution in [0.25, 0.3) is 0 Å². The third-order valence-corrected chi connectivity index (χ3v) is 7.90. The average molecular weight is 397 g/mol. The van der Waals surface area contributed by atoms with Crippen molar-refractivity contribution in [1.82, 2.24) is 4.90 Å². The lowest BCUT2D eigenvalue weighted by molar-refractivity contribution is -0.117. The lowest BCUT2D eigenvalue weighted by Gasteiger charge is -2.24. The fourth-order valence-electron chi connectivity index (χ4n) is 3.24. The predicted octanol–water partition coefficient (Wildman–Crippen LogP) is 2.48. The molecule has 26 heavy (non-hydrogen) atoms. The Bertz CT molecular complexity index is 790. The summed E-state index contributed by atoms with van der Waals surface area (Å²) in [6.07, 6.45) is 2.20. The molecule has 0 aliphatic carbocycles. The number of sulfone groups is 1. The molecular weight excluding hydrogens is 372 g/mol. The second-order valence-electron chi connectivity index (χ2n) is 6.67. The molecule has 0 unspecified atom stereocenters. The number of hydrogen-bond acceptors (Lipinski definition) is 5. The van der Waals surface area contributed by atoms with Crippen LogP contribution in [0.1, 0.15) is 31.7 Å². The fourth-order valence-corrected chi connectivity index (χ4v) is 7.21. The summed E-state index contributed by atoms with van der Waals surface area (Å²) in [6, 6.07) is 7.55. The van der Waals surface area contributed by atoms with Gasteiger partial charge in [-0.2, -0.15) is 4.99 Å². The zero-order valence-corrected chi connectivity index (χ0v) is 16.7. The molecule has 6 nitrogen and oxygen atoms in total. The van der Waals surface area contributed by atoms with Gasteiger partial charge in [-0.1, -0.05) is 37.2 Å². The minimum Gasteiger partial charge on any atom is -0.497 e. The molecule has 2 saturated heterocycles. The van der Waals surface area contributed by atoms with E-state index >= 15 is 0 Å². The van der Waals surface area contributed by atoms with E-state index < -0.39 is 9.84 Å². The number of benzene rings is 1. The molecule has 2 heterocycles. The van der Waals surface area contributed by atoms with Gasteiger partial charge in [-0.05, 0) is 24.1 Å². The minimum absolute atomic E-state index is 0.0454. The summed E-state index contributed by atoms with van der Waals surface area (Å²) in [5.41, 5.74) is 1.03. The number of fused-ring (bicyclic) bond motifs is 1. The largest absolute Gasteiger partial charge is 0.497 e. The zero-order valence-electron chi connectivity index (χ0n) is 15.1. The van der Waals surface area contributed by atoms with Crippen LogP contribution in [0.2, 0.25) is 0 Å². The number of methoxy groups -OCH3 is 1. The molecule has 2 fully saturated rings. The standard InChI is InChI=1S/C18H24N2O4S2/c1-3-4-5-17(21)19-18-20(10-13-6-8-14(24-2)9-7-13)15-11-26(22,23)12-16(15)25-18/h6-9,15-16H,3-5,10-12H2,1-2H3/t15-,16-/m0/s1. The minimum atomic E-state index is -3.03. The second-order valence-corrected chi connectivity index (χ2v) is 10.0. The average Bonchev–Trinajstić information content (AvgIpc) is 3.06. The smallest absolute Gasteiger partial charge is 0.248 e. The van der Waals surface area contributed by atoms with E-state index in [1.165, 1.54) is 11.8 Å². The third kappa shape index (κ3) is 4.40. The van der Waals surface area contributed by atoms with E-state index in [-0.39, 0.29) is 28.7 Å². The van der Waals surface area contributed by atoms with Crippen molar-refractivity contribution in [3.63, 3.8) is 0 Å². The van der Waals surface area contributed by atoms with Crippen LogP contribution in [0.15, 0.2) is 29.3 Å². The summed E-state index contributed by atoms with van der Waals surface area (Å²) >= 11 is 1.43. The Kier molecular flexibility index (Phi) is 5.92. The van der Waals surface area contributed by atoms with Crippen molar-refractivity contribution < 1.29 is 17.9 Å². The van der Waals surface area contributed by atoms with Gasteiger partial charge in [0.05, 0.1) is 24.7 Å². The number of amidine groups is 1. The molecule has 2 aliphatic rings. The molecule has 0 radical (unpaired) electrons. The topological polar surface area (TPSA) is 76.0 Å². The van der Waals surface area contributed by atoms with E-state index in [1.807, 2.05) is 36.1 Å². The molecule has 2 atom stereocenters. The summed E-state index contributed by atoms with van der Waals surface area (Å²) in [5.74, 6) is 0.929. The van der Waals surface area contributed by atoms with Gasteiger partial charge in [0.2, 0.25) is 5.91 Å². The number of rotatable bonds is 6. The second kappa shape index (κ2) is 8.00. The number of aliphatic imine (C=N–C) groups is 1. The molecule has 3 rings (SSSR count). The van der Waals surface area contributed by atoms with Gasteiger partial charge in [0.25, 0.3) is 0 Å². The van der Waals surface area contributed by atoms with E-state index in [4.69, 9.17) is 4.74 Å². The van der Waals surface area contributed by atoms with Crippen molar-refractivity contribution in [2.45, 2.75) is 44.0 Å². The van der Waals surface area contributed by atoms with Crippen LogP contribution in [-0.4, -0.2) is 54.3 Å². The van der Waals surface area contributed by atoms with Crippen LogP contribution in [-0.2, 0) is 21.2 Å². The zero-order chi connectivity index (χ0) is 18.7. The summed E-state index contributed by atoms with van der Waals surface area (Å²) in [6.45, 7) is 2.57. The molecule has 0 saturated carbocycles. The quantitative estimate of drug-likeness (QED) is 0.735. The van der Waals surface area contributed by atoms with E-state index in [9.17, 15) is 13.2 Å². The van der Waals surface area contributed by atoms with Crippen molar-refractivity contribution in [3.05, 3.63) is 29.8 Å². The highest BCUT2D eigenvalue weighted by atomic mass is 32.2. The normalized spacial score (nSPS) is 25.5. The summed E-state index contributed by atoms with van der Waals surface area (Å²) < 4.78 is 29.2. The first-order chi connectivity index (χ1) is 12.4. The highest BCUT2D eigenvalue weighted by Gasteiger charge is 2.48. The van der Waals surface area contributed by atoms with Gasteiger partial charge < -0.3 is 9.64 Å². The number of thioether (sulfide) groups is 1. The monoisotopic (exact) mass is 396 g/mol. The van der Waals surface area contributed by atoms with E-state index in [0.29, 0.717) is 18.1 Å². The van der Waals surface area contributed by atoms with Crippen LogP contribution < -0.4 is 4.74 Å². The number of unbranched alkanes of at least 4 members (excludes halogenated alkanes) is 1. The first-order valence-corrected chi connectivity index (χ1v) is 11.5. The highest BCUT2D eigenvalue weighted by molar-refractivity contribution is 8.15. The molecule has 2 aliphatic heterocycles. The Hall–Kier alpha value is -1.54. The lowest BCUT2D eigenvalue weighted by Crippen LogP contribution is -2.37. The fraction of sp³-hybridized carbons (Fsp3) is 0.556. The van der Waals surface area contributed by atoms with Crippen LogP contribution in [0.3, 0.4) is 0 Å². The molecule has 1 aromatic rings. The van der Waals surface area contributed by atoms with Crippen molar-refractivity contribution in [2.75, 3.05) is 18.6 Å². The van der Waals surface area contributed by atoms with Crippen LogP contribution in [0.5, 0.6) is 5.75 Å². The molecule has 0 spiro atoms. The lowest BCUT2D eigenvalue weighted by atomic mass is 10.1. The van der Waals surface area contributed by atoms with E-state index in [0.717, 1.165) is 24.2 Å². The highest BCUT2D eigenvalue weighted by Crippen LogP contribution is 2.39. The van der Waals surface area contributed by atoms with Crippen molar-refractivity contribution in [2.24, 2.45) is 4.99 Å².